The van der Waals surface area contributed by atoms with Crippen LogP contribution in [0.2, 0.25) is 0 Å². The van der Waals surface area contributed by atoms with Gasteiger partial charge in [0.05, 0.1) is 13.0 Å². The van der Waals surface area contributed by atoms with Crippen molar-refractivity contribution in [1.82, 2.24) is 14.9 Å². The molecule has 0 spiro atoms. The summed E-state index contributed by atoms with van der Waals surface area (Å²) in [5, 5.41) is 0. The summed E-state index contributed by atoms with van der Waals surface area (Å²) in [6.07, 6.45) is 8.97. The third-order valence-corrected chi connectivity index (χ3v) is 8.32. The number of carbonyl (C=O) groups excluding carboxylic acids is 1. The maximum absolute atomic E-state index is 14.5. The van der Waals surface area contributed by atoms with Crippen LogP contribution in [-0.2, 0) is 16.6 Å². The van der Waals surface area contributed by atoms with Crippen molar-refractivity contribution in [2.75, 3.05) is 37.7 Å². The van der Waals surface area contributed by atoms with E-state index in [4.69, 9.17) is 4.74 Å². The maximum atomic E-state index is 14.5. The second-order valence-electron chi connectivity index (χ2n) is 11.9. The number of hydrogen-bond donors (Lipinski definition) is 0. The highest BCUT2D eigenvalue weighted by molar-refractivity contribution is 5.79. The fraction of sp³-hybridized carbons (Fsp3) is 0.621. The van der Waals surface area contributed by atoms with E-state index in [2.05, 4.69) is 35.6 Å². The highest BCUT2D eigenvalue weighted by atomic mass is 19.1. The minimum Gasteiger partial charge on any atom is -0.493 e. The summed E-state index contributed by atoms with van der Waals surface area (Å²) in [6.45, 7) is 10.2. The molecule has 0 N–H and O–H groups in total. The molecule has 3 fully saturated rings. The standard InChI is InChI=1S/C29H38F2N4O2/c1-29(2,3)21-17-32-28(33-18-21)35-10-5-19(6-11-35)23-13-20(23)7-12-37-22-14-25(30)24(26(31)15-22)16-27(36)34-8-4-9-34/h14-15,17-20,23H,4-13,16H2,1-3H3/t20-,23-/m1/s1. The van der Waals surface area contributed by atoms with Crippen LogP contribution in [0.5, 0.6) is 5.75 Å². The Morgan fingerprint density at radius 2 is 1.70 bits per heavy atom. The lowest BCUT2D eigenvalue weighted by atomic mass is 9.89. The van der Waals surface area contributed by atoms with E-state index >= 15 is 0 Å². The molecule has 0 radical (unpaired) electrons. The molecule has 2 aliphatic heterocycles. The van der Waals surface area contributed by atoms with E-state index in [1.807, 2.05) is 12.4 Å². The first kappa shape index (κ1) is 25.9. The quantitative estimate of drug-likeness (QED) is 0.490. The maximum Gasteiger partial charge on any atom is 0.227 e. The number of aromatic nitrogens is 2. The van der Waals surface area contributed by atoms with Crippen molar-refractivity contribution in [1.29, 1.82) is 0 Å². The summed E-state index contributed by atoms with van der Waals surface area (Å²) >= 11 is 0. The predicted octanol–water partition coefficient (Wildman–Crippen LogP) is 5.15. The molecule has 37 heavy (non-hydrogen) atoms. The minimum absolute atomic E-state index is 0.0516. The zero-order valence-electron chi connectivity index (χ0n) is 22.2. The molecule has 1 saturated carbocycles. The monoisotopic (exact) mass is 512 g/mol. The Kier molecular flexibility index (Phi) is 7.37. The smallest absolute Gasteiger partial charge is 0.227 e. The molecule has 0 unspecified atom stereocenters. The Labute approximate surface area is 218 Å². The first-order chi connectivity index (χ1) is 17.7. The van der Waals surface area contributed by atoms with Crippen LogP contribution in [0.1, 0.15) is 64.0 Å². The first-order valence-corrected chi connectivity index (χ1v) is 13.6. The first-order valence-electron chi connectivity index (χ1n) is 13.6. The van der Waals surface area contributed by atoms with Gasteiger partial charge in [-0.15, -0.1) is 0 Å². The molecule has 2 aromatic rings. The molecule has 6 nitrogen and oxygen atoms in total. The van der Waals surface area contributed by atoms with E-state index in [0.29, 0.717) is 37.5 Å². The van der Waals surface area contributed by atoms with Gasteiger partial charge in [0, 0.05) is 56.3 Å². The van der Waals surface area contributed by atoms with Gasteiger partial charge in [0.25, 0.3) is 0 Å². The summed E-state index contributed by atoms with van der Waals surface area (Å²) in [6, 6.07) is 2.41. The highest BCUT2D eigenvalue weighted by Crippen LogP contribution is 2.50. The summed E-state index contributed by atoms with van der Waals surface area (Å²) in [4.78, 5) is 25.2. The van der Waals surface area contributed by atoms with Crippen LogP contribution in [0.15, 0.2) is 24.5 Å². The number of hydrogen-bond acceptors (Lipinski definition) is 5. The van der Waals surface area contributed by atoms with Crippen molar-refractivity contribution < 1.29 is 18.3 Å². The molecule has 5 rings (SSSR count). The van der Waals surface area contributed by atoms with Crippen LogP contribution in [0, 0.1) is 29.4 Å². The van der Waals surface area contributed by atoms with Crippen molar-refractivity contribution in [3.63, 3.8) is 0 Å². The number of rotatable bonds is 8. The Balaban J connectivity index is 1.04. The zero-order chi connectivity index (χ0) is 26.2. The SMILES string of the molecule is CC(C)(C)c1cnc(N2CCC([C@H]3C[C@H]3CCOc3cc(F)c(CC(=O)N4CCC4)c(F)c3)CC2)nc1. The minimum atomic E-state index is -0.711. The van der Waals surface area contributed by atoms with Crippen LogP contribution < -0.4 is 9.64 Å². The van der Waals surface area contributed by atoms with Crippen molar-refractivity contribution in [3.8, 4) is 5.75 Å². The number of halogens is 2. The number of anilines is 1. The topological polar surface area (TPSA) is 58.6 Å². The van der Waals surface area contributed by atoms with Crippen molar-refractivity contribution >= 4 is 11.9 Å². The normalized spacial score (nSPS) is 22.1. The van der Waals surface area contributed by atoms with Crippen LogP contribution in [-0.4, -0.2) is 53.6 Å². The zero-order valence-corrected chi connectivity index (χ0v) is 22.2. The Morgan fingerprint density at radius 3 is 2.27 bits per heavy atom. The Hall–Kier alpha value is -2.77. The number of nitrogens with zero attached hydrogens (tertiary/aromatic N) is 4. The predicted molar refractivity (Wildman–Crippen MR) is 139 cm³/mol. The van der Waals surface area contributed by atoms with Crippen molar-refractivity contribution in [2.45, 2.75) is 64.7 Å². The molecule has 200 valence electrons. The fourth-order valence-electron chi connectivity index (χ4n) is 5.57. The second-order valence-corrected chi connectivity index (χ2v) is 11.9. The highest BCUT2D eigenvalue weighted by Gasteiger charge is 2.43. The van der Waals surface area contributed by atoms with E-state index < -0.39 is 11.6 Å². The lowest BCUT2D eigenvalue weighted by molar-refractivity contribution is -0.133. The third kappa shape index (κ3) is 6.04. The van der Waals surface area contributed by atoms with Gasteiger partial charge in [-0.3, -0.25) is 4.79 Å². The number of amides is 1. The Morgan fingerprint density at radius 1 is 1.05 bits per heavy atom. The van der Waals surface area contributed by atoms with Crippen LogP contribution in [0.4, 0.5) is 14.7 Å². The van der Waals surface area contributed by atoms with Gasteiger partial charge in [-0.1, -0.05) is 20.8 Å². The Bertz CT molecular complexity index is 1080. The van der Waals surface area contributed by atoms with Gasteiger partial charge >= 0.3 is 0 Å². The summed E-state index contributed by atoms with van der Waals surface area (Å²) in [7, 11) is 0. The summed E-state index contributed by atoms with van der Waals surface area (Å²) < 4.78 is 34.7. The number of benzene rings is 1. The van der Waals surface area contributed by atoms with Gasteiger partial charge < -0.3 is 14.5 Å². The number of carbonyl (C=O) groups is 1. The molecular formula is C29H38F2N4O2. The molecule has 2 atom stereocenters. The van der Waals surface area contributed by atoms with Gasteiger partial charge in [0.1, 0.15) is 17.4 Å². The average Bonchev–Trinajstić information content (AvgIpc) is 3.59. The third-order valence-electron chi connectivity index (χ3n) is 8.32. The van der Waals surface area contributed by atoms with Crippen LogP contribution in [0.3, 0.4) is 0 Å². The molecule has 1 amide bonds. The fourth-order valence-corrected chi connectivity index (χ4v) is 5.57. The van der Waals surface area contributed by atoms with E-state index in [-0.39, 0.29) is 29.1 Å². The van der Waals surface area contributed by atoms with Gasteiger partial charge in [-0.05, 0) is 60.8 Å². The van der Waals surface area contributed by atoms with Crippen LogP contribution in [0.25, 0.3) is 0 Å². The lowest BCUT2D eigenvalue weighted by Gasteiger charge is -2.32. The van der Waals surface area contributed by atoms with E-state index in [0.717, 1.165) is 50.3 Å². The molecule has 3 aliphatic rings. The number of ether oxygens (including phenoxy) is 1. The van der Waals surface area contributed by atoms with E-state index in [1.54, 1.807) is 4.90 Å². The summed E-state index contributed by atoms with van der Waals surface area (Å²) in [5.41, 5.74) is 1.02. The van der Waals surface area contributed by atoms with E-state index in [1.165, 1.54) is 18.6 Å². The second kappa shape index (κ2) is 10.5. The van der Waals surface area contributed by atoms with Gasteiger partial charge in [0.2, 0.25) is 11.9 Å². The number of piperidine rings is 1. The van der Waals surface area contributed by atoms with E-state index in [9.17, 15) is 13.6 Å². The number of likely N-dealkylation sites (tertiary alicyclic amines) is 1. The summed E-state index contributed by atoms with van der Waals surface area (Å²) in [5.74, 6) is 1.39. The average molecular weight is 513 g/mol. The molecule has 3 heterocycles. The molecule has 1 aliphatic carbocycles. The molecule has 1 aromatic carbocycles. The molecule has 8 heteroatoms. The largest absolute Gasteiger partial charge is 0.493 e. The molecule has 2 saturated heterocycles. The molecular weight excluding hydrogens is 474 g/mol. The van der Waals surface area contributed by atoms with Crippen molar-refractivity contribution in [2.24, 2.45) is 17.8 Å². The van der Waals surface area contributed by atoms with Gasteiger partial charge in [0.15, 0.2) is 0 Å². The van der Waals surface area contributed by atoms with Gasteiger partial charge in [-0.25, -0.2) is 18.7 Å². The lowest BCUT2D eigenvalue weighted by Crippen LogP contribution is -2.43. The molecule has 0 bridgehead atoms. The van der Waals surface area contributed by atoms with Crippen LogP contribution >= 0.6 is 0 Å². The molecule has 1 aromatic heterocycles. The van der Waals surface area contributed by atoms with Gasteiger partial charge in [-0.2, -0.15) is 0 Å². The van der Waals surface area contributed by atoms with Crippen molar-refractivity contribution in [3.05, 3.63) is 47.3 Å².